The Morgan fingerprint density at radius 2 is 1.21 bits per heavy atom. The number of anilines is 6. The van der Waals surface area contributed by atoms with Crippen LogP contribution in [0.3, 0.4) is 0 Å². The van der Waals surface area contributed by atoms with Crippen LogP contribution in [0.25, 0.3) is 22.0 Å². The SMILES string of the molecule is CCCCc1cccc(CCCC)c1Nc1nc(O)nc(Nc2cc(Nc3ccc4c5c3C(=O)c3ccccc3-c5c(C(=O)c3cccc(S(=O)(=O)O)c3)c(=O)n4C)c(S(=O)(=O)O)cc2S(=O)(=O)O)n1. The Morgan fingerprint density at radius 1 is 0.629 bits per heavy atom. The Hall–Kier alpha value is -7.41. The van der Waals surface area contributed by atoms with E-state index in [9.17, 15) is 58.4 Å². The highest BCUT2D eigenvalue weighted by Crippen LogP contribution is 2.45. The third-order valence-electron chi connectivity index (χ3n) is 11.7. The van der Waals surface area contributed by atoms with Crippen LogP contribution in [0.5, 0.6) is 6.01 Å². The summed E-state index contributed by atoms with van der Waals surface area (Å²) in [5.41, 5.74) is -0.373. The number of carbonyl (C=O) groups excluding carboxylic acids is 2. The van der Waals surface area contributed by atoms with Crippen LogP contribution in [0.4, 0.5) is 34.6 Å². The van der Waals surface area contributed by atoms with E-state index in [-0.39, 0.29) is 50.4 Å². The second-order valence-corrected chi connectivity index (χ2v) is 20.5. The molecular formula is C47H43N7O13S3. The van der Waals surface area contributed by atoms with Gasteiger partial charge in [-0.05, 0) is 78.8 Å². The van der Waals surface area contributed by atoms with Crippen molar-refractivity contribution in [2.75, 3.05) is 16.0 Å². The molecule has 7 N–H and O–H groups in total. The van der Waals surface area contributed by atoms with E-state index in [1.807, 2.05) is 18.2 Å². The number of ketones is 2. The van der Waals surface area contributed by atoms with Gasteiger partial charge in [0.2, 0.25) is 11.9 Å². The van der Waals surface area contributed by atoms with Crippen LogP contribution < -0.4 is 21.5 Å². The molecule has 7 aromatic rings. The number of aromatic hydroxyl groups is 1. The monoisotopic (exact) mass is 1010 g/mol. The van der Waals surface area contributed by atoms with Gasteiger partial charge in [-0.2, -0.15) is 40.2 Å². The molecule has 8 rings (SSSR count). The molecule has 0 bridgehead atoms. The summed E-state index contributed by atoms with van der Waals surface area (Å²) in [4.78, 5) is 52.8. The number of nitrogens with one attached hydrogen (secondary N) is 3. The molecular weight excluding hydrogens is 967 g/mol. The number of benzene rings is 5. The van der Waals surface area contributed by atoms with E-state index in [4.69, 9.17) is 0 Å². The molecule has 0 fully saturated rings. The summed E-state index contributed by atoms with van der Waals surface area (Å²) < 4.78 is 108. The van der Waals surface area contributed by atoms with Gasteiger partial charge in [0.25, 0.3) is 35.9 Å². The summed E-state index contributed by atoms with van der Waals surface area (Å²) in [7, 11) is -14.2. The van der Waals surface area contributed by atoms with Gasteiger partial charge in [-0.1, -0.05) is 81.3 Å². The largest absolute Gasteiger partial charge is 0.479 e. The standard InChI is InChI=1S/C47H43N7O13S3/c1-4-6-12-25-14-10-15-26(13-7-5-2)41(25)50-46-51-45(52-47(58)53-46)49-33-23-32(35(69(62,63)64)24-36(33)70(65,66)67)48-31-20-21-34-39-37(29-18-8-9-19-30(29)43(56)38(31)39)40(44(57)54(34)3)42(55)27-16-11-17-28(22-27)68(59,60)61/h8-11,14-24,48H,4-7,12-13H2,1-3H3,(H,59,60,61)(H,62,63,64)(H,65,66,67)(H3,49,50,51,52,53,58). The average Bonchev–Trinajstić information content (AvgIpc) is 3.30. The normalized spacial score (nSPS) is 12.5. The number of unbranched alkanes of at least 4 members (excludes halogenated alkanes) is 2. The van der Waals surface area contributed by atoms with E-state index >= 15 is 0 Å². The average molecular weight is 1010 g/mol. The minimum atomic E-state index is -5.38. The number of rotatable bonds is 17. The number of pyridine rings is 1. The summed E-state index contributed by atoms with van der Waals surface area (Å²) in [6.45, 7) is 4.11. The first-order chi connectivity index (χ1) is 33.1. The number of carbonyl (C=O) groups is 2. The van der Waals surface area contributed by atoms with Crippen molar-refractivity contribution in [3.8, 4) is 17.1 Å². The van der Waals surface area contributed by atoms with Gasteiger partial charge in [0.05, 0.1) is 38.6 Å². The molecule has 2 aromatic heterocycles. The lowest BCUT2D eigenvalue weighted by Gasteiger charge is -2.26. The molecule has 0 amide bonds. The van der Waals surface area contributed by atoms with Crippen LogP contribution in [-0.4, -0.2) is 75.1 Å². The molecule has 0 radical (unpaired) electrons. The van der Waals surface area contributed by atoms with Gasteiger partial charge in [-0.3, -0.25) is 28.0 Å². The van der Waals surface area contributed by atoms with E-state index in [0.717, 1.165) is 59.6 Å². The minimum absolute atomic E-state index is 0.0110. The molecule has 0 atom stereocenters. The molecule has 0 saturated heterocycles. The molecule has 20 nitrogen and oxygen atoms in total. The highest BCUT2D eigenvalue weighted by molar-refractivity contribution is 7.87. The van der Waals surface area contributed by atoms with Crippen molar-refractivity contribution in [2.24, 2.45) is 7.05 Å². The Balaban J connectivity index is 1.30. The molecule has 2 heterocycles. The van der Waals surface area contributed by atoms with Crippen molar-refractivity contribution in [1.29, 1.82) is 0 Å². The van der Waals surface area contributed by atoms with Crippen LogP contribution in [0.15, 0.2) is 110 Å². The number of nitrogens with zero attached hydrogens (tertiary/aromatic N) is 4. The first-order valence-corrected chi connectivity index (χ1v) is 25.9. The van der Waals surface area contributed by atoms with Crippen LogP contribution >= 0.6 is 0 Å². The summed E-state index contributed by atoms with van der Waals surface area (Å²) in [6.07, 6.45) is 4.99. The number of hydrogen-bond acceptors (Lipinski definition) is 16. The second kappa shape index (κ2) is 18.8. The Labute approximate surface area is 400 Å². The predicted octanol–water partition coefficient (Wildman–Crippen LogP) is 7.53. The summed E-state index contributed by atoms with van der Waals surface area (Å²) in [6, 6.07) is 19.4. The highest BCUT2D eigenvalue weighted by atomic mass is 32.2. The maximum atomic E-state index is 14.7. The summed E-state index contributed by atoms with van der Waals surface area (Å²) in [5.74, 6) is -2.30. The van der Waals surface area contributed by atoms with E-state index in [2.05, 4.69) is 44.7 Å². The highest BCUT2D eigenvalue weighted by Gasteiger charge is 2.35. The van der Waals surface area contributed by atoms with E-state index in [1.165, 1.54) is 49.5 Å². The lowest BCUT2D eigenvalue weighted by Crippen LogP contribution is -2.29. The number of aromatic nitrogens is 4. The van der Waals surface area contributed by atoms with Crippen LogP contribution in [0, 0.1) is 0 Å². The van der Waals surface area contributed by atoms with E-state index in [0.29, 0.717) is 24.6 Å². The molecule has 0 aliphatic heterocycles. The van der Waals surface area contributed by atoms with Crippen molar-refractivity contribution in [2.45, 2.75) is 67.1 Å². The molecule has 362 valence electrons. The fourth-order valence-electron chi connectivity index (χ4n) is 8.43. The first kappa shape index (κ1) is 49.0. The third-order valence-corrected chi connectivity index (χ3v) is 14.3. The topological polar surface area (TPSA) is 314 Å². The van der Waals surface area contributed by atoms with Crippen LogP contribution in [0.1, 0.15) is 82.5 Å². The van der Waals surface area contributed by atoms with Crippen LogP contribution in [0.2, 0.25) is 0 Å². The zero-order chi connectivity index (χ0) is 50.4. The number of aryl methyl sites for hydroxylation is 3. The lowest BCUT2D eigenvalue weighted by atomic mass is 9.80. The van der Waals surface area contributed by atoms with Gasteiger partial charge >= 0.3 is 6.01 Å². The first-order valence-electron chi connectivity index (χ1n) is 21.6. The van der Waals surface area contributed by atoms with Crippen LogP contribution in [-0.2, 0) is 50.2 Å². The Bertz CT molecular complexity index is 3720. The maximum Gasteiger partial charge on any atom is 0.320 e. The summed E-state index contributed by atoms with van der Waals surface area (Å²) >= 11 is 0. The molecule has 1 aliphatic rings. The van der Waals surface area contributed by atoms with Gasteiger partial charge in [0, 0.05) is 34.8 Å². The van der Waals surface area contributed by atoms with E-state index < -0.39 is 91.1 Å². The molecule has 0 saturated carbocycles. The fourth-order valence-corrected chi connectivity index (χ4v) is 10.3. The molecule has 5 aromatic carbocycles. The van der Waals surface area contributed by atoms with Crippen molar-refractivity contribution in [1.82, 2.24) is 19.5 Å². The molecule has 1 aliphatic carbocycles. The smallest absolute Gasteiger partial charge is 0.320 e. The van der Waals surface area contributed by atoms with E-state index in [1.54, 1.807) is 6.07 Å². The predicted molar refractivity (Wildman–Crippen MR) is 259 cm³/mol. The quantitative estimate of drug-likeness (QED) is 0.0342. The van der Waals surface area contributed by atoms with Crippen molar-refractivity contribution in [3.05, 3.63) is 135 Å². The van der Waals surface area contributed by atoms with Gasteiger partial charge in [0.15, 0.2) is 11.6 Å². The zero-order valence-electron chi connectivity index (χ0n) is 37.4. The molecule has 0 unspecified atom stereocenters. The molecule has 0 spiro atoms. The maximum absolute atomic E-state index is 14.7. The number of fused-ring (bicyclic) bond motifs is 2. The van der Waals surface area contributed by atoms with Gasteiger partial charge in [-0.25, -0.2) is 0 Å². The summed E-state index contributed by atoms with van der Waals surface area (Å²) in [5, 5.41) is 19.3. The minimum Gasteiger partial charge on any atom is -0.479 e. The van der Waals surface area contributed by atoms with Crippen molar-refractivity contribution >= 4 is 87.5 Å². The number of para-hydroxylation sites is 1. The van der Waals surface area contributed by atoms with Gasteiger partial charge in [-0.15, -0.1) is 0 Å². The Morgan fingerprint density at radius 3 is 1.81 bits per heavy atom. The second-order valence-electron chi connectivity index (χ2n) is 16.3. The third kappa shape index (κ3) is 9.49. The van der Waals surface area contributed by atoms with Gasteiger partial charge < -0.3 is 25.6 Å². The number of hydrogen-bond donors (Lipinski definition) is 7. The molecule has 23 heteroatoms. The van der Waals surface area contributed by atoms with Gasteiger partial charge in [0.1, 0.15) is 9.79 Å². The van der Waals surface area contributed by atoms with Crippen molar-refractivity contribution in [3.63, 3.8) is 0 Å². The Kier molecular flexibility index (Phi) is 13.2. The lowest BCUT2D eigenvalue weighted by molar-refractivity contribution is 0.102. The van der Waals surface area contributed by atoms with Crippen molar-refractivity contribution < 1.29 is 53.6 Å². The zero-order valence-corrected chi connectivity index (χ0v) is 39.8. The fraction of sp³-hybridized carbons (Fsp3) is 0.191. The molecule has 70 heavy (non-hydrogen) atoms.